The molecule has 1 aliphatic heterocycles. The number of amides is 1. The Morgan fingerprint density at radius 2 is 2.11 bits per heavy atom. The highest BCUT2D eigenvalue weighted by molar-refractivity contribution is 5.99. The van der Waals surface area contributed by atoms with Gasteiger partial charge in [0.2, 0.25) is 0 Å². The number of likely N-dealkylation sites (N-methyl/N-ethyl adjacent to an activating group) is 1. The van der Waals surface area contributed by atoms with Crippen LogP contribution in [0.25, 0.3) is 0 Å². The number of likely N-dealkylation sites (tertiary alicyclic amines) is 1. The Morgan fingerprint density at radius 1 is 1.37 bits per heavy atom. The second-order valence-corrected chi connectivity index (χ2v) is 5.49. The summed E-state index contributed by atoms with van der Waals surface area (Å²) in [6.07, 6.45) is 2.37. The van der Waals surface area contributed by atoms with Gasteiger partial charge in [0, 0.05) is 32.4 Å². The zero-order valence-corrected chi connectivity index (χ0v) is 12.0. The molecule has 4 heteroatoms. The van der Waals surface area contributed by atoms with Gasteiger partial charge in [-0.2, -0.15) is 0 Å². The van der Waals surface area contributed by atoms with Crippen LogP contribution in [0.2, 0.25) is 0 Å². The minimum Gasteiger partial charge on any atom is -0.380 e. The van der Waals surface area contributed by atoms with Gasteiger partial charge in [0.1, 0.15) is 0 Å². The molecule has 104 valence electrons. The van der Waals surface area contributed by atoms with Gasteiger partial charge in [0.15, 0.2) is 0 Å². The quantitative estimate of drug-likeness (QED) is 0.902. The molecule has 1 aliphatic rings. The van der Waals surface area contributed by atoms with Crippen LogP contribution < -0.4 is 5.32 Å². The van der Waals surface area contributed by atoms with Crippen LogP contribution in [0, 0.1) is 0 Å². The van der Waals surface area contributed by atoms with Crippen LogP contribution in [0.5, 0.6) is 0 Å². The fourth-order valence-electron chi connectivity index (χ4n) is 2.54. The van der Waals surface area contributed by atoms with Gasteiger partial charge in [-0.25, -0.2) is 0 Å². The van der Waals surface area contributed by atoms with E-state index in [1.165, 1.54) is 6.42 Å². The number of carbonyl (C=O) groups is 1. The molecule has 0 radical (unpaired) electrons. The molecule has 1 aromatic carbocycles. The van der Waals surface area contributed by atoms with E-state index in [4.69, 9.17) is 0 Å². The number of rotatable bonds is 3. The summed E-state index contributed by atoms with van der Waals surface area (Å²) in [6.45, 7) is 2.20. The normalized spacial score (nSPS) is 20.1. The van der Waals surface area contributed by atoms with Crippen molar-refractivity contribution in [2.45, 2.75) is 18.9 Å². The number of nitrogens with zero attached hydrogens (tertiary/aromatic N) is 2. The Labute approximate surface area is 115 Å². The van der Waals surface area contributed by atoms with Crippen LogP contribution in [-0.2, 0) is 0 Å². The van der Waals surface area contributed by atoms with Gasteiger partial charge in [-0.3, -0.25) is 4.79 Å². The maximum absolute atomic E-state index is 12.1. The predicted molar refractivity (Wildman–Crippen MR) is 78.6 cm³/mol. The van der Waals surface area contributed by atoms with Crippen LogP contribution in [-0.4, -0.2) is 56.0 Å². The number of para-hydroxylation sites is 1. The lowest BCUT2D eigenvalue weighted by Crippen LogP contribution is -2.40. The van der Waals surface area contributed by atoms with Gasteiger partial charge >= 0.3 is 0 Å². The van der Waals surface area contributed by atoms with Crippen molar-refractivity contribution < 1.29 is 4.79 Å². The third-order valence-corrected chi connectivity index (χ3v) is 3.55. The molecule has 1 heterocycles. The van der Waals surface area contributed by atoms with Gasteiger partial charge in [-0.05, 0) is 38.6 Å². The van der Waals surface area contributed by atoms with Gasteiger partial charge in [0.05, 0.1) is 5.56 Å². The Morgan fingerprint density at radius 3 is 2.79 bits per heavy atom. The number of nitrogens with one attached hydrogen (secondary N) is 1. The molecule has 1 atom stereocenters. The highest BCUT2D eigenvalue weighted by Crippen LogP contribution is 2.20. The Balaban J connectivity index is 2.13. The van der Waals surface area contributed by atoms with Gasteiger partial charge in [0.25, 0.3) is 5.91 Å². The van der Waals surface area contributed by atoms with E-state index < -0.39 is 0 Å². The molecule has 1 saturated heterocycles. The molecule has 0 saturated carbocycles. The smallest absolute Gasteiger partial charge is 0.255 e. The van der Waals surface area contributed by atoms with Crippen LogP contribution in [0.4, 0.5) is 5.69 Å². The highest BCUT2D eigenvalue weighted by Gasteiger charge is 2.19. The number of benzene rings is 1. The highest BCUT2D eigenvalue weighted by atomic mass is 16.2. The lowest BCUT2D eigenvalue weighted by Gasteiger charge is -2.31. The summed E-state index contributed by atoms with van der Waals surface area (Å²) in [5.41, 5.74) is 1.70. The van der Waals surface area contributed by atoms with E-state index in [-0.39, 0.29) is 5.91 Å². The van der Waals surface area contributed by atoms with Crippen molar-refractivity contribution in [3.05, 3.63) is 29.8 Å². The van der Waals surface area contributed by atoms with Crippen molar-refractivity contribution in [1.82, 2.24) is 9.80 Å². The van der Waals surface area contributed by atoms with Crippen LogP contribution in [0.3, 0.4) is 0 Å². The van der Waals surface area contributed by atoms with Crippen LogP contribution >= 0.6 is 0 Å². The zero-order chi connectivity index (χ0) is 13.8. The summed E-state index contributed by atoms with van der Waals surface area (Å²) in [7, 11) is 5.71. The van der Waals surface area contributed by atoms with E-state index in [1.54, 1.807) is 19.0 Å². The van der Waals surface area contributed by atoms with E-state index in [9.17, 15) is 4.79 Å². The van der Waals surface area contributed by atoms with Crippen LogP contribution in [0.1, 0.15) is 23.2 Å². The third kappa shape index (κ3) is 3.47. The third-order valence-electron chi connectivity index (χ3n) is 3.55. The average Bonchev–Trinajstić information content (AvgIpc) is 2.38. The first-order valence-corrected chi connectivity index (χ1v) is 6.83. The molecule has 0 spiro atoms. The van der Waals surface area contributed by atoms with Crippen LogP contribution in [0.15, 0.2) is 24.3 Å². The first-order valence-electron chi connectivity index (χ1n) is 6.83. The van der Waals surface area contributed by atoms with Crippen molar-refractivity contribution in [2.75, 3.05) is 39.5 Å². The second kappa shape index (κ2) is 6.06. The Bertz CT molecular complexity index is 445. The van der Waals surface area contributed by atoms with E-state index in [2.05, 4.69) is 17.3 Å². The molecule has 1 unspecified atom stereocenters. The van der Waals surface area contributed by atoms with E-state index in [0.717, 1.165) is 30.8 Å². The number of hydrogen-bond donors (Lipinski definition) is 1. The molecule has 1 amide bonds. The fourth-order valence-corrected chi connectivity index (χ4v) is 2.54. The predicted octanol–water partition coefficient (Wildman–Crippen LogP) is 1.89. The first kappa shape index (κ1) is 13.9. The summed E-state index contributed by atoms with van der Waals surface area (Å²) in [4.78, 5) is 16.1. The van der Waals surface area contributed by atoms with E-state index in [1.807, 2.05) is 24.3 Å². The average molecular weight is 261 g/mol. The largest absolute Gasteiger partial charge is 0.380 e. The first-order chi connectivity index (χ1) is 9.08. The number of carbonyl (C=O) groups excluding carboxylic acids is 1. The minimum absolute atomic E-state index is 0.0484. The van der Waals surface area contributed by atoms with E-state index in [0.29, 0.717) is 6.04 Å². The molecule has 1 fully saturated rings. The molecule has 0 aromatic heterocycles. The lowest BCUT2D eigenvalue weighted by molar-refractivity contribution is 0.0828. The molecule has 2 rings (SSSR count). The number of piperidine rings is 1. The monoisotopic (exact) mass is 261 g/mol. The summed E-state index contributed by atoms with van der Waals surface area (Å²) in [5, 5.41) is 3.53. The molecule has 19 heavy (non-hydrogen) atoms. The molecule has 0 aliphatic carbocycles. The van der Waals surface area contributed by atoms with Gasteiger partial charge < -0.3 is 15.1 Å². The lowest BCUT2D eigenvalue weighted by atomic mass is 10.0. The van der Waals surface area contributed by atoms with Crippen molar-refractivity contribution in [3.8, 4) is 0 Å². The number of anilines is 1. The molecule has 4 nitrogen and oxygen atoms in total. The second-order valence-electron chi connectivity index (χ2n) is 5.49. The van der Waals surface area contributed by atoms with Crippen molar-refractivity contribution in [1.29, 1.82) is 0 Å². The minimum atomic E-state index is 0.0484. The van der Waals surface area contributed by atoms with Crippen molar-refractivity contribution >= 4 is 11.6 Å². The zero-order valence-electron chi connectivity index (χ0n) is 12.0. The summed E-state index contributed by atoms with van der Waals surface area (Å²) in [5.74, 6) is 0.0484. The summed E-state index contributed by atoms with van der Waals surface area (Å²) < 4.78 is 0. The maximum Gasteiger partial charge on any atom is 0.255 e. The van der Waals surface area contributed by atoms with E-state index >= 15 is 0 Å². The maximum atomic E-state index is 12.1. The van der Waals surface area contributed by atoms with Gasteiger partial charge in [-0.1, -0.05) is 12.1 Å². The SMILES string of the molecule is CN1CCCC(Nc2ccccc2C(=O)N(C)C)C1. The molecular weight excluding hydrogens is 238 g/mol. The van der Waals surface area contributed by atoms with Crippen molar-refractivity contribution in [3.63, 3.8) is 0 Å². The topological polar surface area (TPSA) is 35.6 Å². The molecular formula is C15H23N3O. The Kier molecular flexibility index (Phi) is 4.43. The molecule has 0 bridgehead atoms. The molecule has 1 N–H and O–H groups in total. The summed E-state index contributed by atoms with van der Waals surface area (Å²) >= 11 is 0. The Hall–Kier alpha value is -1.55. The van der Waals surface area contributed by atoms with Crippen molar-refractivity contribution in [2.24, 2.45) is 0 Å². The number of hydrogen-bond acceptors (Lipinski definition) is 3. The molecule has 1 aromatic rings. The standard InChI is InChI=1S/C15H23N3O/c1-17(2)15(19)13-8-4-5-9-14(13)16-12-7-6-10-18(3)11-12/h4-5,8-9,12,16H,6-7,10-11H2,1-3H3. The fraction of sp³-hybridized carbons (Fsp3) is 0.533. The summed E-state index contributed by atoms with van der Waals surface area (Å²) in [6, 6.07) is 8.19. The van der Waals surface area contributed by atoms with Gasteiger partial charge in [-0.15, -0.1) is 0 Å².